The zero-order chi connectivity index (χ0) is 14.4. The Morgan fingerprint density at radius 1 is 1.15 bits per heavy atom. The number of hydrogen-bond acceptors (Lipinski definition) is 5. The number of hydrogen-bond donors (Lipinski definition) is 2. The average Bonchev–Trinajstić information content (AvgIpc) is 2.53. The highest BCUT2D eigenvalue weighted by atomic mass is 16.5. The van der Waals surface area contributed by atoms with Crippen LogP contribution < -0.4 is 20.7 Å². The van der Waals surface area contributed by atoms with E-state index in [1.54, 1.807) is 26.6 Å². The molecule has 1 atom stereocenters. The van der Waals surface area contributed by atoms with Crippen molar-refractivity contribution in [1.82, 2.24) is 10.4 Å². The first kappa shape index (κ1) is 14.3. The third-order valence-corrected chi connectivity index (χ3v) is 3.20. The van der Waals surface area contributed by atoms with Gasteiger partial charge in [0.1, 0.15) is 11.5 Å². The van der Waals surface area contributed by atoms with E-state index in [1.165, 1.54) is 0 Å². The van der Waals surface area contributed by atoms with Crippen molar-refractivity contribution in [3.05, 3.63) is 53.9 Å². The molecule has 0 fully saturated rings. The molecule has 1 aromatic heterocycles. The van der Waals surface area contributed by atoms with Gasteiger partial charge in [0, 0.05) is 18.0 Å². The Labute approximate surface area is 118 Å². The monoisotopic (exact) mass is 273 g/mol. The number of benzene rings is 1. The number of nitrogens with one attached hydrogen (secondary N) is 1. The van der Waals surface area contributed by atoms with Crippen molar-refractivity contribution >= 4 is 0 Å². The first-order chi connectivity index (χ1) is 9.78. The normalized spacial score (nSPS) is 11.9. The molecule has 3 N–H and O–H groups in total. The molecule has 0 saturated heterocycles. The van der Waals surface area contributed by atoms with Crippen molar-refractivity contribution in [1.29, 1.82) is 0 Å². The van der Waals surface area contributed by atoms with Gasteiger partial charge in [-0.25, -0.2) is 0 Å². The van der Waals surface area contributed by atoms with Crippen molar-refractivity contribution in [2.45, 2.75) is 12.5 Å². The maximum Gasteiger partial charge on any atom is 0.123 e. The Bertz CT molecular complexity index is 546. The molecule has 20 heavy (non-hydrogen) atoms. The van der Waals surface area contributed by atoms with Crippen molar-refractivity contribution in [2.75, 3.05) is 14.2 Å². The summed E-state index contributed by atoms with van der Waals surface area (Å²) >= 11 is 0. The first-order valence-corrected chi connectivity index (χ1v) is 6.35. The standard InChI is InChI=1S/C15H19N3O2/c1-19-12-3-4-15(20-2)13(10-12)14(18-16)9-11-5-7-17-8-6-11/h3-8,10,14,18H,9,16H2,1-2H3. The average molecular weight is 273 g/mol. The summed E-state index contributed by atoms with van der Waals surface area (Å²) in [4.78, 5) is 4.02. The molecule has 1 aromatic carbocycles. The zero-order valence-corrected chi connectivity index (χ0v) is 11.7. The van der Waals surface area contributed by atoms with Gasteiger partial charge in [0.15, 0.2) is 0 Å². The fraction of sp³-hybridized carbons (Fsp3) is 0.267. The number of ether oxygens (including phenoxy) is 2. The van der Waals surface area contributed by atoms with Crippen molar-refractivity contribution < 1.29 is 9.47 Å². The molecule has 0 radical (unpaired) electrons. The van der Waals surface area contributed by atoms with Crippen LogP contribution in [0, 0.1) is 0 Å². The van der Waals surface area contributed by atoms with Gasteiger partial charge in [0.25, 0.3) is 0 Å². The highest BCUT2D eigenvalue weighted by Crippen LogP contribution is 2.30. The second kappa shape index (κ2) is 6.88. The summed E-state index contributed by atoms with van der Waals surface area (Å²) in [5.41, 5.74) is 4.95. The smallest absolute Gasteiger partial charge is 0.123 e. The van der Waals surface area contributed by atoms with E-state index in [1.807, 2.05) is 30.3 Å². The number of nitrogens with two attached hydrogens (primary N) is 1. The number of nitrogens with zero attached hydrogens (tertiary/aromatic N) is 1. The Morgan fingerprint density at radius 2 is 1.90 bits per heavy atom. The van der Waals surface area contributed by atoms with E-state index in [4.69, 9.17) is 15.3 Å². The summed E-state index contributed by atoms with van der Waals surface area (Å²) in [7, 11) is 3.28. The van der Waals surface area contributed by atoms with Crippen LogP contribution in [0.1, 0.15) is 17.2 Å². The summed E-state index contributed by atoms with van der Waals surface area (Å²) in [6.07, 6.45) is 4.28. The number of aromatic nitrogens is 1. The second-order valence-corrected chi connectivity index (χ2v) is 4.39. The van der Waals surface area contributed by atoms with Gasteiger partial charge in [0.2, 0.25) is 0 Å². The summed E-state index contributed by atoms with van der Waals surface area (Å²) in [5.74, 6) is 7.26. The molecule has 0 bridgehead atoms. The third-order valence-electron chi connectivity index (χ3n) is 3.20. The third kappa shape index (κ3) is 3.26. The minimum absolute atomic E-state index is 0.0672. The molecule has 1 heterocycles. The molecule has 0 saturated carbocycles. The molecule has 0 aliphatic heterocycles. The molecule has 0 aliphatic rings. The highest BCUT2D eigenvalue weighted by Gasteiger charge is 2.16. The summed E-state index contributed by atoms with van der Waals surface area (Å²) in [6, 6.07) is 9.55. The molecule has 2 rings (SSSR count). The Balaban J connectivity index is 2.30. The molecular formula is C15H19N3O2. The zero-order valence-electron chi connectivity index (χ0n) is 11.7. The molecule has 5 heteroatoms. The van der Waals surface area contributed by atoms with Gasteiger partial charge in [0.05, 0.1) is 20.3 Å². The number of rotatable bonds is 6. The van der Waals surface area contributed by atoms with Crippen LogP contribution in [0.25, 0.3) is 0 Å². The minimum atomic E-state index is -0.0672. The van der Waals surface area contributed by atoms with Crippen LogP contribution in [0.15, 0.2) is 42.7 Å². The first-order valence-electron chi connectivity index (χ1n) is 6.35. The van der Waals surface area contributed by atoms with Gasteiger partial charge < -0.3 is 9.47 Å². The van der Waals surface area contributed by atoms with Gasteiger partial charge in [-0.3, -0.25) is 16.3 Å². The maximum absolute atomic E-state index is 5.71. The van der Waals surface area contributed by atoms with Gasteiger partial charge in [-0.1, -0.05) is 0 Å². The predicted molar refractivity (Wildman–Crippen MR) is 77.6 cm³/mol. The number of pyridine rings is 1. The lowest BCUT2D eigenvalue weighted by molar-refractivity contribution is 0.389. The van der Waals surface area contributed by atoms with Gasteiger partial charge in [-0.2, -0.15) is 0 Å². The fourth-order valence-corrected chi connectivity index (χ4v) is 2.12. The largest absolute Gasteiger partial charge is 0.497 e. The molecule has 0 aliphatic carbocycles. The molecule has 0 amide bonds. The topological polar surface area (TPSA) is 69.4 Å². The molecule has 1 unspecified atom stereocenters. The molecular weight excluding hydrogens is 254 g/mol. The second-order valence-electron chi connectivity index (χ2n) is 4.39. The molecule has 5 nitrogen and oxygen atoms in total. The predicted octanol–water partition coefficient (Wildman–Crippen LogP) is 1.85. The Morgan fingerprint density at radius 3 is 2.50 bits per heavy atom. The SMILES string of the molecule is COc1ccc(OC)c(C(Cc2ccncc2)NN)c1. The van der Waals surface area contributed by atoms with E-state index in [9.17, 15) is 0 Å². The maximum atomic E-state index is 5.71. The van der Waals surface area contributed by atoms with E-state index in [-0.39, 0.29) is 6.04 Å². The molecule has 106 valence electrons. The van der Waals surface area contributed by atoms with Crippen molar-refractivity contribution in [2.24, 2.45) is 5.84 Å². The summed E-state index contributed by atoms with van der Waals surface area (Å²) < 4.78 is 10.7. The number of methoxy groups -OCH3 is 2. The fourth-order valence-electron chi connectivity index (χ4n) is 2.12. The van der Waals surface area contributed by atoms with Crippen LogP contribution in [0.2, 0.25) is 0 Å². The van der Waals surface area contributed by atoms with Crippen LogP contribution in [-0.4, -0.2) is 19.2 Å². The van der Waals surface area contributed by atoms with Crippen molar-refractivity contribution in [3.63, 3.8) is 0 Å². The van der Waals surface area contributed by atoms with E-state index >= 15 is 0 Å². The lowest BCUT2D eigenvalue weighted by Crippen LogP contribution is -2.30. The van der Waals surface area contributed by atoms with Gasteiger partial charge in [-0.05, 0) is 42.3 Å². The van der Waals surface area contributed by atoms with Gasteiger partial charge in [-0.15, -0.1) is 0 Å². The minimum Gasteiger partial charge on any atom is -0.497 e. The molecule has 2 aromatic rings. The van der Waals surface area contributed by atoms with Crippen LogP contribution in [-0.2, 0) is 6.42 Å². The Hall–Kier alpha value is -2.11. The lowest BCUT2D eigenvalue weighted by Gasteiger charge is -2.20. The van der Waals surface area contributed by atoms with Crippen LogP contribution in [0.3, 0.4) is 0 Å². The van der Waals surface area contributed by atoms with Crippen LogP contribution in [0.5, 0.6) is 11.5 Å². The van der Waals surface area contributed by atoms with E-state index in [0.29, 0.717) is 0 Å². The lowest BCUT2D eigenvalue weighted by atomic mass is 9.99. The quantitative estimate of drug-likeness (QED) is 0.621. The summed E-state index contributed by atoms with van der Waals surface area (Å²) in [6.45, 7) is 0. The van der Waals surface area contributed by atoms with E-state index in [0.717, 1.165) is 29.0 Å². The van der Waals surface area contributed by atoms with Gasteiger partial charge >= 0.3 is 0 Å². The Kier molecular flexibility index (Phi) is 4.92. The molecule has 0 spiro atoms. The number of hydrazine groups is 1. The van der Waals surface area contributed by atoms with Crippen molar-refractivity contribution in [3.8, 4) is 11.5 Å². The van der Waals surface area contributed by atoms with Crippen LogP contribution in [0.4, 0.5) is 0 Å². The summed E-state index contributed by atoms with van der Waals surface area (Å²) in [5, 5.41) is 0. The van der Waals surface area contributed by atoms with E-state index in [2.05, 4.69) is 10.4 Å². The van der Waals surface area contributed by atoms with Crippen LogP contribution >= 0.6 is 0 Å². The highest BCUT2D eigenvalue weighted by molar-refractivity contribution is 5.42. The van der Waals surface area contributed by atoms with E-state index < -0.39 is 0 Å².